The summed E-state index contributed by atoms with van der Waals surface area (Å²) in [6.45, 7) is 1.37. The van der Waals surface area contributed by atoms with Crippen molar-refractivity contribution in [2.24, 2.45) is 0 Å². The Morgan fingerprint density at radius 1 is 1.50 bits per heavy atom. The summed E-state index contributed by atoms with van der Waals surface area (Å²) in [5, 5.41) is 12.3. The van der Waals surface area contributed by atoms with E-state index in [4.69, 9.17) is 4.74 Å². The van der Waals surface area contributed by atoms with E-state index in [0.29, 0.717) is 12.1 Å². The lowest BCUT2D eigenvalue weighted by Crippen LogP contribution is -2.25. The van der Waals surface area contributed by atoms with Crippen LogP contribution in [-0.2, 0) is 6.54 Å². The number of methoxy groups -OCH3 is 1. The third kappa shape index (κ3) is 3.50. The van der Waals surface area contributed by atoms with Crippen LogP contribution >= 0.6 is 0 Å². The number of amides is 1. The first-order chi connectivity index (χ1) is 9.70. The first-order valence-corrected chi connectivity index (χ1v) is 6.31. The summed E-state index contributed by atoms with van der Waals surface area (Å²) in [5.74, 6) is 0.120. The number of rotatable bonds is 6. The van der Waals surface area contributed by atoms with Crippen molar-refractivity contribution in [3.05, 3.63) is 42.5 Å². The number of aromatic hydroxyl groups is 1. The van der Waals surface area contributed by atoms with Crippen molar-refractivity contribution in [3.63, 3.8) is 0 Å². The number of nitrogens with zero attached hydrogens (tertiary/aromatic N) is 2. The van der Waals surface area contributed by atoms with Crippen molar-refractivity contribution in [1.29, 1.82) is 0 Å². The molecule has 2 rings (SSSR count). The highest BCUT2D eigenvalue weighted by molar-refractivity contribution is 5.94. The second-order valence-corrected chi connectivity index (χ2v) is 4.30. The van der Waals surface area contributed by atoms with Crippen LogP contribution in [-0.4, -0.2) is 34.2 Å². The zero-order valence-electron chi connectivity index (χ0n) is 11.2. The van der Waals surface area contributed by atoms with Crippen LogP contribution in [0.5, 0.6) is 11.5 Å². The van der Waals surface area contributed by atoms with E-state index in [0.717, 1.165) is 13.0 Å². The molecule has 0 saturated heterocycles. The molecular weight excluding hydrogens is 258 g/mol. The Hall–Kier alpha value is -2.50. The largest absolute Gasteiger partial charge is 0.504 e. The first-order valence-electron chi connectivity index (χ1n) is 6.31. The number of benzene rings is 1. The van der Waals surface area contributed by atoms with Crippen LogP contribution < -0.4 is 10.1 Å². The summed E-state index contributed by atoms with van der Waals surface area (Å²) in [5.41, 5.74) is 0.460. The molecule has 0 aliphatic heterocycles. The van der Waals surface area contributed by atoms with E-state index >= 15 is 0 Å². The highest BCUT2D eigenvalue weighted by atomic mass is 16.5. The average Bonchev–Trinajstić information content (AvgIpc) is 2.97. The number of hydrogen-bond acceptors (Lipinski definition) is 4. The van der Waals surface area contributed by atoms with E-state index in [1.54, 1.807) is 18.6 Å². The molecule has 6 heteroatoms. The molecule has 1 aromatic carbocycles. The normalized spacial score (nSPS) is 10.2. The Morgan fingerprint density at radius 2 is 2.35 bits per heavy atom. The van der Waals surface area contributed by atoms with Gasteiger partial charge in [-0.3, -0.25) is 4.79 Å². The standard InChI is InChI=1S/C14H17N3O3/c1-20-13-9-11(3-4-12(13)18)14(19)16-5-2-7-17-8-6-15-10-17/h3-4,6,8-10,18H,2,5,7H2,1H3,(H,16,19). The van der Waals surface area contributed by atoms with E-state index in [9.17, 15) is 9.90 Å². The van der Waals surface area contributed by atoms with Crippen molar-refractivity contribution >= 4 is 5.91 Å². The lowest BCUT2D eigenvalue weighted by Gasteiger charge is -2.08. The number of ether oxygens (including phenoxy) is 1. The maximum absolute atomic E-state index is 11.9. The molecule has 106 valence electrons. The lowest BCUT2D eigenvalue weighted by molar-refractivity contribution is 0.0952. The van der Waals surface area contributed by atoms with Crippen molar-refractivity contribution in [3.8, 4) is 11.5 Å². The summed E-state index contributed by atoms with van der Waals surface area (Å²) in [7, 11) is 1.45. The third-order valence-electron chi connectivity index (χ3n) is 2.88. The predicted octanol–water partition coefficient (Wildman–Crippen LogP) is 1.42. The van der Waals surface area contributed by atoms with Gasteiger partial charge in [-0.1, -0.05) is 0 Å². The maximum Gasteiger partial charge on any atom is 0.251 e. The van der Waals surface area contributed by atoms with Gasteiger partial charge in [0.25, 0.3) is 5.91 Å². The molecule has 20 heavy (non-hydrogen) atoms. The van der Waals surface area contributed by atoms with E-state index in [1.165, 1.54) is 19.2 Å². The van der Waals surface area contributed by atoms with Crippen molar-refractivity contribution in [2.75, 3.05) is 13.7 Å². The molecule has 0 spiro atoms. The summed E-state index contributed by atoms with van der Waals surface area (Å²) >= 11 is 0. The second-order valence-electron chi connectivity index (χ2n) is 4.30. The molecule has 0 bridgehead atoms. The minimum Gasteiger partial charge on any atom is -0.504 e. The summed E-state index contributed by atoms with van der Waals surface area (Å²) in [4.78, 5) is 15.9. The number of hydrogen-bond donors (Lipinski definition) is 2. The molecule has 1 heterocycles. The van der Waals surface area contributed by atoms with Crippen LogP contribution in [0.15, 0.2) is 36.9 Å². The average molecular weight is 275 g/mol. The Bertz CT molecular complexity index is 567. The van der Waals surface area contributed by atoms with Gasteiger partial charge < -0.3 is 19.7 Å². The fourth-order valence-electron chi connectivity index (χ4n) is 1.80. The SMILES string of the molecule is COc1cc(C(=O)NCCCn2ccnc2)ccc1O. The minimum absolute atomic E-state index is 0.0177. The van der Waals surface area contributed by atoms with Crippen LogP contribution in [0, 0.1) is 0 Å². The Balaban J connectivity index is 1.82. The number of carbonyl (C=O) groups excluding carboxylic acids is 1. The molecule has 6 nitrogen and oxygen atoms in total. The molecule has 1 aromatic heterocycles. The topological polar surface area (TPSA) is 76.4 Å². The molecule has 0 aliphatic carbocycles. The highest BCUT2D eigenvalue weighted by Gasteiger charge is 2.09. The van der Waals surface area contributed by atoms with Crippen LogP contribution in [0.1, 0.15) is 16.8 Å². The fourth-order valence-corrected chi connectivity index (χ4v) is 1.80. The van der Waals surface area contributed by atoms with E-state index in [2.05, 4.69) is 10.3 Å². The zero-order valence-corrected chi connectivity index (χ0v) is 11.2. The number of imidazole rings is 1. The van der Waals surface area contributed by atoms with Gasteiger partial charge in [-0.05, 0) is 24.6 Å². The van der Waals surface area contributed by atoms with E-state index in [-0.39, 0.29) is 17.4 Å². The number of aromatic nitrogens is 2. The van der Waals surface area contributed by atoms with Crippen molar-refractivity contribution in [1.82, 2.24) is 14.9 Å². The van der Waals surface area contributed by atoms with Crippen LogP contribution in [0.25, 0.3) is 0 Å². The van der Waals surface area contributed by atoms with Gasteiger partial charge in [0.1, 0.15) is 0 Å². The van der Waals surface area contributed by atoms with Gasteiger partial charge in [0, 0.05) is 31.0 Å². The van der Waals surface area contributed by atoms with Crippen LogP contribution in [0.4, 0.5) is 0 Å². The third-order valence-corrected chi connectivity index (χ3v) is 2.88. The molecule has 0 aliphatic rings. The molecule has 1 amide bonds. The molecule has 2 N–H and O–H groups in total. The number of nitrogens with one attached hydrogen (secondary N) is 1. The van der Waals surface area contributed by atoms with Gasteiger partial charge in [0.2, 0.25) is 0 Å². The van der Waals surface area contributed by atoms with Gasteiger partial charge in [-0.2, -0.15) is 0 Å². The molecule has 0 saturated carbocycles. The Labute approximate surface area is 117 Å². The van der Waals surface area contributed by atoms with Gasteiger partial charge in [0.05, 0.1) is 13.4 Å². The summed E-state index contributed by atoms with van der Waals surface area (Å²) in [6.07, 6.45) is 6.16. The molecule has 0 atom stereocenters. The van der Waals surface area contributed by atoms with Gasteiger partial charge in [0.15, 0.2) is 11.5 Å². The Kier molecular flexibility index (Phi) is 4.60. The number of phenols is 1. The van der Waals surface area contributed by atoms with Gasteiger partial charge >= 0.3 is 0 Å². The van der Waals surface area contributed by atoms with Gasteiger partial charge in [-0.25, -0.2) is 4.98 Å². The highest BCUT2D eigenvalue weighted by Crippen LogP contribution is 2.26. The number of aryl methyl sites for hydroxylation is 1. The van der Waals surface area contributed by atoms with E-state index < -0.39 is 0 Å². The van der Waals surface area contributed by atoms with Crippen molar-refractivity contribution < 1.29 is 14.6 Å². The molecule has 0 radical (unpaired) electrons. The fraction of sp³-hybridized carbons (Fsp3) is 0.286. The Morgan fingerprint density at radius 3 is 3.05 bits per heavy atom. The lowest BCUT2D eigenvalue weighted by atomic mass is 10.2. The zero-order chi connectivity index (χ0) is 14.4. The number of phenolic OH excluding ortho intramolecular Hbond substituents is 1. The molecule has 2 aromatic rings. The monoisotopic (exact) mass is 275 g/mol. The van der Waals surface area contributed by atoms with Crippen LogP contribution in [0.3, 0.4) is 0 Å². The summed E-state index contributed by atoms with van der Waals surface area (Å²) < 4.78 is 6.92. The quantitative estimate of drug-likeness (QED) is 0.782. The van der Waals surface area contributed by atoms with Crippen molar-refractivity contribution in [2.45, 2.75) is 13.0 Å². The molecule has 0 fully saturated rings. The van der Waals surface area contributed by atoms with E-state index in [1.807, 2.05) is 10.8 Å². The summed E-state index contributed by atoms with van der Waals surface area (Å²) in [6, 6.07) is 4.52. The van der Waals surface area contributed by atoms with Crippen LogP contribution in [0.2, 0.25) is 0 Å². The molecule has 0 unspecified atom stereocenters. The predicted molar refractivity (Wildman–Crippen MR) is 73.8 cm³/mol. The van der Waals surface area contributed by atoms with Gasteiger partial charge in [-0.15, -0.1) is 0 Å². The molecular formula is C14H17N3O3. The first kappa shape index (κ1) is 13.9. The smallest absolute Gasteiger partial charge is 0.251 e. The second kappa shape index (κ2) is 6.60. The number of carbonyl (C=O) groups is 1. The maximum atomic E-state index is 11.9. The minimum atomic E-state index is -0.186.